The lowest BCUT2D eigenvalue weighted by atomic mass is 10.0. The summed E-state index contributed by atoms with van der Waals surface area (Å²) in [7, 11) is 0. The van der Waals surface area contributed by atoms with Crippen molar-refractivity contribution in [3.05, 3.63) is 59.2 Å². The van der Waals surface area contributed by atoms with Gasteiger partial charge in [0.25, 0.3) is 0 Å². The molecule has 0 spiro atoms. The number of nitrogens with one attached hydrogen (secondary N) is 2. The number of nitrogens with two attached hydrogens (primary N) is 2. The van der Waals surface area contributed by atoms with E-state index in [0.717, 1.165) is 32.1 Å². The Balaban J connectivity index is 1.61. The minimum Gasteiger partial charge on any atom is -0.366 e. The Bertz CT molecular complexity index is 961. The molecule has 0 radical (unpaired) electrons. The van der Waals surface area contributed by atoms with Crippen LogP contribution in [0.25, 0.3) is 0 Å². The topological polar surface area (TPSA) is 170 Å². The van der Waals surface area contributed by atoms with Gasteiger partial charge in [0.15, 0.2) is 11.6 Å². The molecule has 35 heavy (non-hydrogen) atoms. The van der Waals surface area contributed by atoms with E-state index >= 15 is 0 Å². The van der Waals surface area contributed by atoms with Crippen LogP contribution >= 0.6 is 0 Å². The Morgan fingerprint density at radius 2 is 1.06 bits per heavy atom. The van der Waals surface area contributed by atoms with Gasteiger partial charge in [0.2, 0.25) is 11.8 Å². The Labute approximate surface area is 205 Å². The standard InChI is InChI=1S/C25H34N6O4/c1-16(22(32)20-14-28-12-8-18(20)24(26)34)30-10-6-4-3-5-7-11-31-17(2)23(33)21-15-29-13-9-19(21)25(27)35/h8-9,12-17,30-31H,3-7,10-11H2,1-2H3,(H2,26,34)(H2,27,35). The van der Waals surface area contributed by atoms with E-state index in [0.29, 0.717) is 13.1 Å². The second kappa shape index (κ2) is 14.0. The fourth-order valence-corrected chi connectivity index (χ4v) is 3.68. The minimum atomic E-state index is -0.649. The zero-order chi connectivity index (χ0) is 25.8. The van der Waals surface area contributed by atoms with E-state index in [1.54, 1.807) is 13.8 Å². The van der Waals surface area contributed by atoms with Crippen molar-refractivity contribution in [3.8, 4) is 0 Å². The van der Waals surface area contributed by atoms with Crippen LogP contribution in [-0.4, -0.2) is 58.5 Å². The van der Waals surface area contributed by atoms with Crippen LogP contribution in [0.1, 0.15) is 87.4 Å². The van der Waals surface area contributed by atoms with Crippen molar-refractivity contribution < 1.29 is 19.2 Å². The third kappa shape index (κ3) is 8.34. The maximum absolute atomic E-state index is 12.6. The predicted octanol–water partition coefficient (Wildman–Crippen LogP) is 1.65. The molecule has 0 aromatic carbocycles. The van der Waals surface area contributed by atoms with Crippen molar-refractivity contribution in [2.45, 2.75) is 58.0 Å². The first kappa shape index (κ1) is 27.7. The molecule has 10 nitrogen and oxygen atoms in total. The Morgan fingerprint density at radius 1 is 0.686 bits per heavy atom. The maximum Gasteiger partial charge on any atom is 0.249 e. The maximum atomic E-state index is 12.6. The summed E-state index contributed by atoms with van der Waals surface area (Å²) in [5, 5.41) is 6.37. The number of hydrogen-bond acceptors (Lipinski definition) is 8. The van der Waals surface area contributed by atoms with Crippen molar-refractivity contribution in [2.75, 3.05) is 13.1 Å². The van der Waals surface area contributed by atoms with E-state index in [9.17, 15) is 19.2 Å². The summed E-state index contributed by atoms with van der Waals surface area (Å²) in [5.74, 6) is -1.72. The lowest BCUT2D eigenvalue weighted by molar-refractivity contribution is 0.0932. The number of rotatable bonds is 16. The quantitative estimate of drug-likeness (QED) is 0.207. The number of primary amides is 2. The summed E-state index contributed by atoms with van der Waals surface area (Å²) in [6, 6.07) is 2.00. The number of aromatic nitrogens is 2. The summed E-state index contributed by atoms with van der Waals surface area (Å²) in [5.41, 5.74) is 11.5. The third-order valence-electron chi connectivity index (χ3n) is 5.75. The van der Waals surface area contributed by atoms with Crippen molar-refractivity contribution in [1.82, 2.24) is 20.6 Å². The molecule has 0 bridgehead atoms. The van der Waals surface area contributed by atoms with Gasteiger partial charge in [-0.15, -0.1) is 0 Å². The van der Waals surface area contributed by atoms with Crippen LogP contribution in [0.4, 0.5) is 0 Å². The molecule has 2 rings (SSSR count). The number of nitrogens with zero attached hydrogens (tertiary/aromatic N) is 2. The van der Waals surface area contributed by atoms with E-state index < -0.39 is 23.9 Å². The second-order valence-electron chi connectivity index (χ2n) is 8.42. The highest BCUT2D eigenvalue weighted by molar-refractivity contribution is 6.09. The molecule has 0 fully saturated rings. The summed E-state index contributed by atoms with van der Waals surface area (Å²) in [6.45, 7) is 4.87. The second-order valence-corrected chi connectivity index (χ2v) is 8.42. The number of Topliss-reactive ketones (excluding diaryl/α,β-unsaturated/α-hetero) is 2. The molecular weight excluding hydrogens is 448 g/mol. The van der Waals surface area contributed by atoms with Crippen LogP contribution in [-0.2, 0) is 0 Å². The van der Waals surface area contributed by atoms with Gasteiger partial charge < -0.3 is 22.1 Å². The van der Waals surface area contributed by atoms with E-state index in [4.69, 9.17) is 11.5 Å². The monoisotopic (exact) mass is 482 g/mol. The zero-order valence-electron chi connectivity index (χ0n) is 20.3. The van der Waals surface area contributed by atoms with Gasteiger partial charge in [-0.05, 0) is 51.9 Å². The first-order valence-electron chi connectivity index (χ1n) is 11.8. The van der Waals surface area contributed by atoms with Gasteiger partial charge in [0.05, 0.1) is 34.3 Å². The van der Waals surface area contributed by atoms with Crippen molar-refractivity contribution in [2.24, 2.45) is 11.5 Å². The zero-order valence-corrected chi connectivity index (χ0v) is 20.3. The smallest absolute Gasteiger partial charge is 0.249 e. The molecule has 2 heterocycles. The van der Waals surface area contributed by atoms with Crippen LogP contribution in [0.3, 0.4) is 0 Å². The molecule has 2 atom stereocenters. The molecule has 0 aliphatic carbocycles. The van der Waals surface area contributed by atoms with Crippen molar-refractivity contribution in [3.63, 3.8) is 0 Å². The fourth-order valence-electron chi connectivity index (χ4n) is 3.68. The van der Waals surface area contributed by atoms with Crippen LogP contribution in [0.15, 0.2) is 36.9 Å². The molecule has 10 heteroatoms. The number of pyridine rings is 2. The molecule has 2 aromatic rings. The van der Waals surface area contributed by atoms with Crippen LogP contribution < -0.4 is 22.1 Å². The van der Waals surface area contributed by atoms with Gasteiger partial charge in [-0.1, -0.05) is 19.3 Å². The number of ketones is 2. The summed E-state index contributed by atoms with van der Waals surface area (Å²) >= 11 is 0. The SMILES string of the molecule is CC(NCCCCCCCNC(C)C(=O)c1cnccc1C(N)=O)C(=O)c1cnccc1C(N)=O. The number of unbranched alkanes of at least 4 members (excludes halogenated alkanes) is 4. The lowest BCUT2D eigenvalue weighted by Gasteiger charge is -2.14. The van der Waals surface area contributed by atoms with Gasteiger partial charge in [0.1, 0.15) is 0 Å². The molecule has 0 saturated heterocycles. The molecule has 0 aliphatic rings. The number of amides is 2. The Kier molecular flexibility index (Phi) is 11.1. The third-order valence-corrected chi connectivity index (χ3v) is 5.75. The van der Waals surface area contributed by atoms with Gasteiger partial charge in [-0.3, -0.25) is 29.1 Å². The lowest BCUT2D eigenvalue weighted by Crippen LogP contribution is -2.36. The number of carbonyl (C=O) groups excluding carboxylic acids is 4. The molecule has 0 aliphatic heterocycles. The minimum absolute atomic E-state index is 0.178. The van der Waals surface area contributed by atoms with E-state index in [1.165, 1.54) is 36.9 Å². The first-order valence-corrected chi connectivity index (χ1v) is 11.8. The van der Waals surface area contributed by atoms with E-state index in [1.807, 2.05) is 0 Å². The van der Waals surface area contributed by atoms with Crippen LogP contribution in [0.2, 0.25) is 0 Å². The van der Waals surface area contributed by atoms with E-state index in [2.05, 4.69) is 20.6 Å². The van der Waals surface area contributed by atoms with Crippen molar-refractivity contribution in [1.29, 1.82) is 0 Å². The highest BCUT2D eigenvalue weighted by Gasteiger charge is 2.21. The molecule has 2 unspecified atom stereocenters. The molecule has 188 valence electrons. The molecule has 2 aromatic heterocycles. The van der Waals surface area contributed by atoms with Crippen molar-refractivity contribution >= 4 is 23.4 Å². The molecule has 6 N–H and O–H groups in total. The van der Waals surface area contributed by atoms with Crippen LogP contribution in [0.5, 0.6) is 0 Å². The summed E-state index contributed by atoms with van der Waals surface area (Å²) in [6.07, 6.45) is 10.5. The predicted molar refractivity (Wildman–Crippen MR) is 132 cm³/mol. The van der Waals surface area contributed by atoms with Gasteiger partial charge in [-0.2, -0.15) is 0 Å². The Hall–Kier alpha value is -3.50. The average Bonchev–Trinajstić information content (AvgIpc) is 2.86. The number of carbonyl (C=O) groups is 4. The highest BCUT2D eigenvalue weighted by atomic mass is 16.2. The molecule has 0 saturated carbocycles. The average molecular weight is 483 g/mol. The normalized spacial score (nSPS) is 12.6. The highest BCUT2D eigenvalue weighted by Crippen LogP contribution is 2.11. The Morgan fingerprint density at radius 3 is 1.43 bits per heavy atom. The fraction of sp³-hybridized carbons (Fsp3) is 0.440. The van der Waals surface area contributed by atoms with Gasteiger partial charge in [0, 0.05) is 24.8 Å². The summed E-state index contributed by atoms with van der Waals surface area (Å²) in [4.78, 5) is 56.0. The van der Waals surface area contributed by atoms with E-state index in [-0.39, 0.29) is 33.8 Å². The number of hydrogen-bond donors (Lipinski definition) is 4. The molecular formula is C25H34N6O4. The first-order chi connectivity index (χ1) is 16.7. The largest absolute Gasteiger partial charge is 0.366 e. The van der Waals surface area contributed by atoms with Crippen LogP contribution in [0, 0.1) is 0 Å². The molecule has 2 amide bonds. The van der Waals surface area contributed by atoms with Gasteiger partial charge >= 0.3 is 0 Å². The summed E-state index contributed by atoms with van der Waals surface area (Å²) < 4.78 is 0. The van der Waals surface area contributed by atoms with Gasteiger partial charge in [-0.25, -0.2) is 0 Å².